The van der Waals surface area contributed by atoms with Crippen LogP contribution in [0.3, 0.4) is 0 Å². The van der Waals surface area contributed by atoms with Crippen molar-refractivity contribution in [1.29, 1.82) is 0 Å². The van der Waals surface area contributed by atoms with E-state index in [1.807, 2.05) is 31.2 Å². The van der Waals surface area contributed by atoms with Crippen molar-refractivity contribution < 1.29 is 4.79 Å². The van der Waals surface area contributed by atoms with E-state index in [-0.39, 0.29) is 11.9 Å². The number of carbonyl (C=O) groups excluding carboxylic acids is 1. The Labute approximate surface area is 114 Å². The second kappa shape index (κ2) is 7.44. The van der Waals surface area contributed by atoms with Gasteiger partial charge in [0, 0.05) is 17.5 Å². The molecule has 0 aliphatic heterocycles. The average molecular weight is 266 g/mol. The van der Waals surface area contributed by atoms with E-state index in [1.165, 1.54) is 0 Å². The number of nitrogens with one attached hydrogen (secondary N) is 1. The van der Waals surface area contributed by atoms with Crippen molar-refractivity contribution >= 4 is 17.7 Å². The fourth-order valence-corrected chi connectivity index (χ4v) is 2.20. The number of hydrogen-bond donors (Lipinski definition) is 2. The summed E-state index contributed by atoms with van der Waals surface area (Å²) in [6.45, 7) is 6.86. The molecule has 4 heteroatoms. The molecule has 0 spiro atoms. The first-order valence-corrected chi connectivity index (χ1v) is 7.22. The second-order valence-electron chi connectivity index (χ2n) is 4.85. The van der Waals surface area contributed by atoms with Crippen LogP contribution in [0.4, 0.5) is 0 Å². The minimum atomic E-state index is 0.0281. The Balaban J connectivity index is 2.43. The molecule has 0 aromatic heterocycles. The number of amides is 1. The molecular formula is C14H22N2OS. The molecule has 0 bridgehead atoms. The number of carbonyl (C=O) groups is 1. The Morgan fingerprint density at radius 1 is 1.39 bits per heavy atom. The van der Waals surface area contributed by atoms with E-state index in [1.54, 1.807) is 11.8 Å². The lowest BCUT2D eigenvalue weighted by Crippen LogP contribution is -2.28. The molecule has 0 saturated heterocycles. The van der Waals surface area contributed by atoms with Gasteiger partial charge in [0.1, 0.15) is 0 Å². The number of thioether (sulfide) groups is 1. The number of nitrogens with two attached hydrogens (primary N) is 1. The third-order valence-corrected chi connectivity index (χ3v) is 3.46. The summed E-state index contributed by atoms with van der Waals surface area (Å²) in [5, 5.41) is 2.91. The summed E-state index contributed by atoms with van der Waals surface area (Å²) in [6, 6.07) is 8.07. The molecular weight excluding hydrogens is 244 g/mol. The van der Waals surface area contributed by atoms with Gasteiger partial charge in [0.2, 0.25) is 5.91 Å². The van der Waals surface area contributed by atoms with Gasteiger partial charge in [-0.15, -0.1) is 11.8 Å². The first-order chi connectivity index (χ1) is 8.49. The minimum absolute atomic E-state index is 0.0281. The monoisotopic (exact) mass is 266 g/mol. The van der Waals surface area contributed by atoms with Crippen LogP contribution in [0.25, 0.3) is 0 Å². The third-order valence-electron chi connectivity index (χ3n) is 2.46. The zero-order chi connectivity index (χ0) is 13.5. The molecule has 100 valence electrons. The first-order valence-electron chi connectivity index (χ1n) is 6.24. The van der Waals surface area contributed by atoms with Crippen LogP contribution in [-0.2, 0) is 4.79 Å². The fourth-order valence-electron chi connectivity index (χ4n) is 1.41. The van der Waals surface area contributed by atoms with Crippen LogP contribution in [0.2, 0.25) is 0 Å². The fraction of sp³-hybridized carbons (Fsp3) is 0.500. The van der Waals surface area contributed by atoms with Gasteiger partial charge in [0.25, 0.3) is 0 Å². The van der Waals surface area contributed by atoms with E-state index in [0.717, 1.165) is 17.0 Å². The largest absolute Gasteiger partial charge is 0.355 e. The molecule has 18 heavy (non-hydrogen) atoms. The SMILES string of the molecule is CC(C)CNC(=O)CSc1cccc(C(C)N)c1. The van der Waals surface area contributed by atoms with Gasteiger partial charge < -0.3 is 11.1 Å². The van der Waals surface area contributed by atoms with Crippen LogP contribution >= 0.6 is 11.8 Å². The lowest BCUT2D eigenvalue weighted by molar-refractivity contribution is -0.118. The van der Waals surface area contributed by atoms with Crippen molar-refractivity contribution in [3.63, 3.8) is 0 Å². The molecule has 0 saturated carbocycles. The van der Waals surface area contributed by atoms with Crippen molar-refractivity contribution in [2.24, 2.45) is 11.7 Å². The summed E-state index contributed by atoms with van der Waals surface area (Å²) >= 11 is 1.54. The van der Waals surface area contributed by atoms with Crippen LogP contribution in [0.1, 0.15) is 32.4 Å². The zero-order valence-corrected chi connectivity index (χ0v) is 12.1. The molecule has 3 nitrogen and oxygen atoms in total. The highest BCUT2D eigenvalue weighted by atomic mass is 32.2. The van der Waals surface area contributed by atoms with E-state index in [4.69, 9.17) is 5.73 Å². The van der Waals surface area contributed by atoms with Gasteiger partial charge in [0.05, 0.1) is 5.75 Å². The Kier molecular flexibility index (Phi) is 6.22. The lowest BCUT2D eigenvalue weighted by Gasteiger charge is -2.09. The molecule has 1 aromatic rings. The molecule has 0 aliphatic carbocycles. The van der Waals surface area contributed by atoms with E-state index in [0.29, 0.717) is 11.7 Å². The number of hydrogen-bond acceptors (Lipinski definition) is 3. The second-order valence-corrected chi connectivity index (χ2v) is 5.90. The summed E-state index contributed by atoms with van der Waals surface area (Å²) in [6.07, 6.45) is 0. The molecule has 0 heterocycles. The molecule has 3 N–H and O–H groups in total. The zero-order valence-electron chi connectivity index (χ0n) is 11.3. The quantitative estimate of drug-likeness (QED) is 0.778. The summed E-state index contributed by atoms with van der Waals surface area (Å²) in [5.74, 6) is 1.02. The topological polar surface area (TPSA) is 55.1 Å². The van der Waals surface area contributed by atoms with Gasteiger partial charge in [-0.25, -0.2) is 0 Å². The average Bonchev–Trinajstić information content (AvgIpc) is 2.34. The molecule has 1 rings (SSSR count). The predicted octanol–water partition coefficient (Wildman–Crippen LogP) is 2.57. The number of benzene rings is 1. The van der Waals surface area contributed by atoms with E-state index in [9.17, 15) is 4.79 Å². The molecule has 0 radical (unpaired) electrons. The third kappa shape index (κ3) is 5.56. The normalized spacial score (nSPS) is 12.5. The van der Waals surface area contributed by atoms with Gasteiger partial charge in [-0.2, -0.15) is 0 Å². The van der Waals surface area contributed by atoms with Gasteiger partial charge in [-0.1, -0.05) is 26.0 Å². The molecule has 1 atom stereocenters. The van der Waals surface area contributed by atoms with E-state index >= 15 is 0 Å². The maximum absolute atomic E-state index is 11.6. The minimum Gasteiger partial charge on any atom is -0.355 e. The van der Waals surface area contributed by atoms with Crippen molar-refractivity contribution in [2.45, 2.75) is 31.7 Å². The van der Waals surface area contributed by atoms with Gasteiger partial charge in [-0.05, 0) is 30.5 Å². The number of rotatable bonds is 6. The van der Waals surface area contributed by atoms with Crippen molar-refractivity contribution in [3.8, 4) is 0 Å². The lowest BCUT2D eigenvalue weighted by atomic mass is 10.1. The predicted molar refractivity (Wildman–Crippen MR) is 77.6 cm³/mol. The maximum Gasteiger partial charge on any atom is 0.230 e. The molecule has 0 aliphatic rings. The highest BCUT2D eigenvalue weighted by molar-refractivity contribution is 8.00. The van der Waals surface area contributed by atoms with Gasteiger partial charge >= 0.3 is 0 Å². The highest BCUT2D eigenvalue weighted by Gasteiger charge is 2.05. The van der Waals surface area contributed by atoms with Crippen LogP contribution in [0.15, 0.2) is 29.2 Å². The molecule has 0 fully saturated rings. The molecule has 1 amide bonds. The Bertz CT molecular complexity index is 391. The van der Waals surface area contributed by atoms with Crippen LogP contribution in [0, 0.1) is 5.92 Å². The van der Waals surface area contributed by atoms with Crippen molar-refractivity contribution in [2.75, 3.05) is 12.3 Å². The first kappa shape index (κ1) is 15.1. The Morgan fingerprint density at radius 2 is 2.11 bits per heavy atom. The van der Waals surface area contributed by atoms with Crippen LogP contribution < -0.4 is 11.1 Å². The summed E-state index contributed by atoms with van der Waals surface area (Å²) in [5.41, 5.74) is 6.93. The van der Waals surface area contributed by atoms with Gasteiger partial charge in [0.15, 0.2) is 0 Å². The molecule has 1 unspecified atom stereocenters. The van der Waals surface area contributed by atoms with Crippen molar-refractivity contribution in [1.82, 2.24) is 5.32 Å². The molecule has 1 aromatic carbocycles. The van der Waals surface area contributed by atoms with E-state index < -0.39 is 0 Å². The van der Waals surface area contributed by atoms with Crippen LogP contribution in [-0.4, -0.2) is 18.2 Å². The smallest absolute Gasteiger partial charge is 0.230 e. The van der Waals surface area contributed by atoms with E-state index in [2.05, 4.69) is 19.2 Å². The summed E-state index contributed by atoms with van der Waals surface area (Å²) in [4.78, 5) is 12.7. The Morgan fingerprint density at radius 3 is 2.72 bits per heavy atom. The standard InChI is InChI=1S/C14H22N2OS/c1-10(2)8-16-14(17)9-18-13-6-4-5-12(7-13)11(3)15/h4-7,10-11H,8-9,15H2,1-3H3,(H,16,17). The Hall–Kier alpha value is -1.00. The highest BCUT2D eigenvalue weighted by Crippen LogP contribution is 2.21. The van der Waals surface area contributed by atoms with Crippen molar-refractivity contribution in [3.05, 3.63) is 29.8 Å². The van der Waals surface area contributed by atoms with Gasteiger partial charge in [-0.3, -0.25) is 4.79 Å². The maximum atomic E-state index is 11.6. The van der Waals surface area contributed by atoms with Crippen LogP contribution in [0.5, 0.6) is 0 Å². The summed E-state index contributed by atoms with van der Waals surface area (Å²) < 4.78 is 0. The summed E-state index contributed by atoms with van der Waals surface area (Å²) in [7, 11) is 0.